The first-order chi connectivity index (χ1) is 8.90. The summed E-state index contributed by atoms with van der Waals surface area (Å²) in [6, 6.07) is 3.56. The summed E-state index contributed by atoms with van der Waals surface area (Å²) in [6.45, 7) is 4.57. The van der Waals surface area contributed by atoms with Gasteiger partial charge < -0.3 is 15.5 Å². The number of phenolic OH excluding ortho intramolecular Hbond substituents is 1. The van der Waals surface area contributed by atoms with E-state index in [1.807, 2.05) is 6.07 Å². The zero-order valence-corrected chi connectivity index (χ0v) is 12.6. The number of nitrogens with one attached hydrogen (secondary N) is 1. The second-order valence-electron chi connectivity index (χ2n) is 5.32. The molecule has 0 aliphatic carbocycles. The molecule has 1 aromatic rings. The van der Waals surface area contributed by atoms with Gasteiger partial charge in [-0.3, -0.25) is 4.79 Å². The molecule has 3 N–H and O–H groups in total. The van der Waals surface area contributed by atoms with Crippen LogP contribution in [-0.2, 0) is 4.79 Å². The lowest BCUT2D eigenvalue weighted by atomic mass is 9.95. The second kappa shape index (κ2) is 5.51. The van der Waals surface area contributed by atoms with Gasteiger partial charge in [0.05, 0.1) is 5.92 Å². The predicted octanol–water partition coefficient (Wildman–Crippen LogP) is 3.01. The van der Waals surface area contributed by atoms with Crippen LogP contribution in [0.1, 0.15) is 43.4 Å². The molecule has 1 aliphatic rings. The molecule has 2 atom stereocenters. The van der Waals surface area contributed by atoms with E-state index in [0.29, 0.717) is 18.9 Å². The van der Waals surface area contributed by atoms with E-state index < -0.39 is 5.97 Å². The number of benzene rings is 1. The molecule has 2 rings (SSSR count). The number of carbonyl (C=O) groups is 1. The Bertz CT molecular complexity index is 502. The van der Waals surface area contributed by atoms with Gasteiger partial charge in [-0.15, -0.1) is 0 Å². The Morgan fingerprint density at radius 3 is 2.68 bits per heavy atom. The minimum Gasteiger partial charge on any atom is -0.508 e. The van der Waals surface area contributed by atoms with Crippen LogP contribution in [0.5, 0.6) is 5.75 Å². The van der Waals surface area contributed by atoms with Gasteiger partial charge in [-0.25, -0.2) is 0 Å². The van der Waals surface area contributed by atoms with Gasteiger partial charge in [0.2, 0.25) is 0 Å². The van der Waals surface area contributed by atoms with Crippen LogP contribution in [0.3, 0.4) is 0 Å². The molecule has 0 aromatic heterocycles. The van der Waals surface area contributed by atoms with Crippen molar-refractivity contribution in [2.45, 2.75) is 32.2 Å². The molecule has 0 saturated carbocycles. The van der Waals surface area contributed by atoms with Crippen LogP contribution < -0.4 is 5.32 Å². The van der Waals surface area contributed by atoms with Crippen molar-refractivity contribution in [3.63, 3.8) is 0 Å². The molecule has 1 aliphatic heterocycles. The number of aliphatic carboxylic acids is 1. The van der Waals surface area contributed by atoms with Crippen molar-refractivity contribution in [3.05, 3.63) is 27.7 Å². The van der Waals surface area contributed by atoms with Crippen molar-refractivity contribution in [2.24, 2.45) is 5.92 Å². The highest BCUT2D eigenvalue weighted by Gasteiger charge is 2.31. The highest BCUT2D eigenvalue weighted by molar-refractivity contribution is 9.10. The summed E-state index contributed by atoms with van der Waals surface area (Å²) >= 11 is 3.52. The van der Waals surface area contributed by atoms with E-state index in [1.54, 1.807) is 6.07 Å². The van der Waals surface area contributed by atoms with Crippen LogP contribution in [0, 0.1) is 5.92 Å². The number of halogens is 1. The monoisotopic (exact) mass is 327 g/mol. The Hall–Kier alpha value is -1.07. The third-order valence-electron chi connectivity index (χ3n) is 3.62. The maximum absolute atomic E-state index is 11.0. The molecular weight excluding hydrogens is 310 g/mol. The molecule has 0 amide bonds. The number of phenols is 1. The van der Waals surface area contributed by atoms with Crippen molar-refractivity contribution in [3.8, 4) is 5.75 Å². The van der Waals surface area contributed by atoms with Gasteiger partial charge >= 0.3 is 5.97 Å². The van der Waals surface area contributed by atoms with Gasteiger partial charge in [-0.2, -0.15) is 0 Å². The molecule has 104 valence electrons. The first-order valence-electron chi connectivity index (χ1n) is 6.38. The van der Waals surface area contributed by atoms with Crippen LogP contribution >= 0.6 is 15.9 Å². The van der Waals surface area contributed by atoms with Crippen molar-refractivity contribution in [2.75, 3.05) is 6.54 Å². The molecule has 5 heteroatoms. The van der Waals surface area contributed by atoms with Crippen molar-refractivity contribution >= 4 is 21.9 Å². The van der Waals surface area contributed by atoms with Gasteiger partial charge in [0.1, 0.15) is 5.75 Å². The SMILES string of the molecule is CC(C)c1cc(O)c(C2CC(C(=O)O)CN2)cc1Br. The molecule has 4 nitrogen and oxygen atoms in total. The normalized spacial score (nSPS) is 22.9. The molecule has 1 aromatic carbocycles. The molecule has 1 fully saturated rings. The van der Waals surface area contributed by atoms with Crippen molar-refractivity contribution < 1.29 is 15.0 Å². The van der Waals surface area contributed by atoms with Crippen LogP contribution in [0.25, 0.3) is 0 Å². The lowest BCUT2D eigenvalue weighted by Gasteiger charge is -2.17. The van der Waals surface area contributed by atoms with Gasteiger partial charge in [-0.05, 0) is 30.0 Å². The predicted molar refractivity (Wildman–Crippen MR) is 76.4 cm³/mol. The summed E-state index contributed by atoms with van der Waals surface area (Å²) in [5.41, 5.74) is 1.81. The minimum absolute atomic E-state index is 0.0985. The van der Waals surface area contributed by atoms with E-state index in [2.05, 4.69) is 35.1 Å². The number of rotatable bonds is 3. The Labute approximate surface area is 121 Å². The molecule has 0 bridgehead atoms. The number of hydrogen-bond acceptors (Lipinski definition) is 3. The average molecular weight is 328 g/mol. The van der Waals surface area contributed by atoms with E-state index in [1.165, 1.54) is 0 Å². The van der Waals surface area contributed by atoms with E-state index >= 15 is 0 Å². The maximum atomic E-state index is 11.0. The Morgan fingerprint density at radius 1 is 1.47 bits per heavy atom. The first-order valence-corrected chi connectivity index (χ1v) is 7.18. The molecule has 1 saturated heterocycles. The Balaban J connectivity index is 2.27. The van der Waals surface area contributed by atoms with Gasteiger partial charge in [-0.1, -0.05) is 29.8 Å². The molecule has 0 spiro atoms. The lowest BCUT2D eigenvalue weighted by Crippen LogP contribution is -2.17. The van der Waals surface area contributed by atoms with Gasteiger partial charge in [0.15, 0.2) is 0 Å². The number of carboxylic acids is 1. The average Bonchev–Trinajstić information content (AvgIpc) is 2.80. The van der Waals surface area contributed by atoms with Crippen LogP contribution in [0.15, 0.2) is 16.6 Å². The zero-order valence-electron chi connectivity index (χ0n) is 11.0. The van der Waals surface area contributed by atoms with Gasteiger partial charge in [0.25, 0.3) is 0 Å². The first kappa shape index (κ1) is 14.3. The number of carboxylic acid groups (broad SMARTS) is 1. The van der Waals surface area contributed by atoms with E-state index in [4.69, 9.17) is 5.11 Å². The maximum Gasteiger partial charge on any atom is 0.307 e. The lowest BCUT2D eigenvalue weighted by molar-refractivity contribution is -0.141. The summed E-state index contributed by atoms with van der Waals surface area (Å²) in [4.78, 5) is 11.0. The fourth-order valence-electron chi connectivity index (χ4n) is 2.48. The summed E-state index contributed by atoms with van der Waals surface area (Å²) in [7, 11) is 0. The summed E-state index contributed by atoms with van der Waals surface area (Å²) in [5.74, 6) is -0.617. The quantitative estimate of drug-likeness (QED) is 0.798. The minimum atomic E-state index is -0.785. The summed E-state index contributed by atoms with van der Waals surface area (Å²) in [5, 5.41) is 22.3. The fourth-order valence-corrected chi connectivity index (χ4v) is 3.29. The molecule has 2 unspecified atom stereocenters. The molecular formula is C14H18BrNO3. The largest absolute Gasteiger partial charge is 0.508 e. The van der Waals surface area contributed by atoms with E-state index in [-0.39, 0.29) is 17.7 Å². The van der Waals surface area contributed by atoms with E-state index in [9.17, 15) is 9.90 Å². The second-order valence-corrected chi connectivity index (χ2v) is 6.17. The van der Waals surface area contributed by atoms with Crippen LogP contribution in [0.4, 0.5) is 0 Å². The molecule has 19 heavy (non-hydrogen) atoms. The number of hydrogen-bond donors (Lipinski definition) is 3. The van der Waals surface area contributed by atoms with Gasteiger partial charge in [0, 0.05) is 22.6 Å². The topological polar surface area (TPSA) is 69.6 Å². The number of aromatic hydroxyl groups is 1. The summed E-state index contributed by atoms with van der Waals surface area (Å²) in [6.07, 6.45) is 0.510. The summed E-state index contributed by atoms with van der Waals surface area (Å²) < 4.78 is 0.955. The van der Waals surface area contributed by atoms with Crippen molar-refractivity contribution in [1.82, 2.24) is 5.32 Å². The Morgan fingerprint density at radius 2 is 2.16 bits per heavy atom. The van der Waals surface area contributed by atoms with E-state index in [0.717, 1.165) is 15.6 Å². The third kappa shape index (κ3) is 2.92. The molecule has 0 radical (unpaired) electrons. The molecule has 1 heterocycles. The Kier molecular flexibility index (Phi) is 4.16. The van der Waals surface area contributed by atoms with Crippen LogP contribution in [0.2, 0.25) is 0 Å². The zero-order chi connectivity index (χ0) is 14.2. The third-order valence-corrected chi connectivity index (χ3v) is 4.31. The highest BCUT2D eigenvalue weighted by Crippen LogP contribution is 2.38. The fraction of sp³-hybridized carbons (Fsp3) is 0.500. The standard InChI is InChI=1S/C14H18BrNO3/c1-7(2)9-5-13(17)10(4-11(9)15)12-3-8(6-16-12)14(18)19/h4-5,7-8,12,16-17H,3,6H2,1-2H3,(H,18,19). The van der Waals surface area contributed by atoms with Crippen LogP contribution in [-0.4, -0.2) is 22.7 Å². The smallest absolute Gasteiger partial charge is 0.307 e. The highest BCUT2D eigenvalue weighted by atomic mass is 79.9. The van der Waals surface area contributed by atoms with Crippen molar-refractivity contribution in [1.29, 1.82) is 0 Å².